The number of unbranched alkanes of at least 4 members (excludes halogenated alkanes) is 2. The van der Waals surface area contributed by atoms with Gasteiger partial charge in [0.05, 0.1) is 25.2 Å². The standard InChI is InChI=1S/C20H26O6/c1-4-7-9-24-14-11-17(25-10-8-5-2)15-13-16(19(21)23-6-3)20(22)26-18(15)12-14/h11-13H,4-10H2,1-3H3. The first-order chi connectivity index (χ1) is 12.6. The maximum Gasteiger partial charge on any atom is 0.351 e. The van der Waals surface area contributed by atoms with Gasteiger partial charge >= 0.3 is 11.6 Å². The monoisotopic (exact) mass is 362 g/mol. The van der Waals surface area contributed by atoms with Crippen LogP contribution < -0.4 is 15.1 Å². The average Bonchev–Trinajstić information content (AvgIpc) is 2.61. The number of benzene rings is 1. The van der Waals surface area contributed by atoms with Gasteiger partial charge in [0.2, 0.25) is 0 Å². The van der Waals surface area contributed by atoms with E-state index in [2.05, 4.69) is 13.8 Å². The van der Waals surface area contributed by atoms with Crippen LogP contribution >= 0.6 is 0 Å². The minimum atomic E-state index is -0.735. The lowest BCUT2D eigenvalue weighted by atomic mass is 10.1. The number of hydrogen-bond donors (Lipinski definition) is 0. The van der Waals surface area contributed by atoms with E-state index in [0.29, 0.717) is 35.7 Å². The van der Waals surface area contributed by atoms with Crippen LogP contribution in [0.1, 0.15) is 56.8 Å². The summed E-state index contributed by atoms with van der Waals surface area (Å²) in [5, 5.41) is 0.548. The lowest BCUT2D eigenvalue weighted by Gasteiger charge is -2.12. The van der Waals surface area contributed by atoms with Crippen LogP contribution in [0.3, 0.4) is 0 Å². The lowest BCUT2D eigenvalue weighted by Crippen LogP contribution is -2.16. The Balaban J connectivity index is 2.46. The predicted molar refractivity (Wildman–Crippen MR) is 99.2 cm³/mol. The molecule has 0 N–H and O–H groups in total. The van der Waals surface area contributed by atoms with Gasteiger partial charge in [-0.25, -0.2) is 9.59 Å². The molecular weight excluding hydrogens is 336 g/mol. The van der Waals surface area contributed by atoms with E-state index in [1.807, 2.05) is 0 Å². The molecule has 1 aromatic carbocycles. The molecule has 26 heavy (non-hydrogen) atoms. The molecule has 0 atom stereocenters. The Bertz CT molecular complexity index is 793. The molecule has 0 saturated carbocycles. The summed E-state index contributed by atoms with van der Waals surface area (Å²) in [6.07, 6.45) is 3.83. The molecule has 6 heteroatoms. The fourth-order valence-electron chi connectivity index (χ4n) is 2.38. The molecule has 0 amide bonds. The molecule has 0 aliphatic carbocycles. The molecule has 142 valence electrons. The van der Waals surface area contributed by atoms with Gasteiger partial charge in [-0.1, -0.05) is 26.7 Å². The fraction of sp³-hybridized carbons (Fsp3) is 0.500. The van der Waals surface area contributed by atoms with Crippen molar-refractivity contribution >= 4 is 16.9 Å². The number of ether oxygens (including phenoxy) is 3. The molecule has 1 heterocycles. The zero-order valence-electron chi connectivity index (χ0n) is 15.6. The third kappa shape index (κ3) is 5.00. The Kier molecular flexibility index (Phi) is 7.51. The molecule has 0 radical (unpaired) electrons. The maximum atomic E-state index is 12.1. The van der Waals surface area contributed by atoms with Gasteiger partial charge in [0.15, 0.2) is 0 Å². The van der Waals surface area contributed by atoms with E-state index >= 15 is 0 Å². The van der Waals surface area contributed by atoms with E-state index in [0.717, 1.165) is 25.7 Å². The first-order valence-corrected chi connectivity index (χ1v) is 9.15. The van der Waals surface area contributed by atoms with Gasteiger partial charge in [-0.2, -0.15) is 0 Å². The van der Waals surface area contributed by atoms with Gasteiger partial charge in [-0.05, 0) is 25.8 Å². The van der Waals surface area contributed by atoms with Crippen LogP contribution in [0.15, 0.2) is 27.4 Å². The third-order valence-corrected chi connectivity index (χ3v) is 3.81. The quantitative estimate of drug-likeness (QED) is 0.356. The summed E-state index contributed by atoms with van der Waals surface area (Å²) >= 11 is 0. The van der Waals surface area contributed by atoms with Crippen molar-refractivity contribution in [1.82, 2.24) is 0 Å². The second-order valence-electron chi connectivity index (χ2n) is 5.91. The normalized spacial score (nSPS) is 10.7. The zero-order chi connectivity index (χ0) is 18.9. The molecule has 1 aromatic heterocycles. The fourth-order valence-corrected chi connectivity index (χ4v) is 2.38. The molecular formula is C20H26O6. The average molecular weight is 362 g/mol. The van der Waals surface area contributed by atoms with Crippen LogP contribution in [0.2, 0.25) is 0 Å². The van der Waals surface area contributed by atoms with Crippen LogP contribution in [-0.4, -0.2) is 25.8 Å². The topological polar surface area (TPSA) is 75.0 Å². The van der Waals surface area contributed by atoms with Gasteiger partial charge in [-0.3, -0.25) is 0 Å². The largest absolute Gasteiger partial charge is 0.493 e. The highest BCUT2D eigenvalue weighted by atomic mass is 16.5. The van der Waals surface area contributed by atoms with Gasteiger partial charge in [0, 0.05) is 12.1 Å². The van der Waals surface area contributed by atoms with E-state index in [1.165, 1.54) is 6.07 Å². The summed E-state index contributed by atoms with van der Waals surface area (Å²) in [4.78, 5) is 24.1. The van der Waals surface area contributed by atoms with Gasteiger partial charge < -0.3 is 18.6 Å². The SMILES string of the molecule is CCCCOc1cc(OCCCC)c2cc(C(=O)OCC)c(=O)oc2c1. The van der Waals surface area contributed by atoms with Crippen LogP contribution in [0, 0.1) is 0 Å². The summed E-state index contributed by atoms with van der Waals surface area (Å²) in [5.41, 5.74) is -0.552. The smallest absolute Gasteiger partial charge is 0.351 e. The Morgan fingerprint density at radius 1 is 1.00 bits per heavy atom. The van der Waals surface area contributed by atoms with E-state index < -0.39 is 11.6 Å². The van der Waals surface area contributed by atoms with Crippen molar-refractivity contribution in [2.45, 2.75) is 46.5 Å². The van der Waals surface area contributed by atoms with Crippen LogP contribution in [-0.2, 0) is 4.74 Å². The molecule has 0 unspecified atom stereocenters. The van der Waals surface area contributed by atoms with Gasteiger partial charge in [0.1, 0.15) is 22.6 Å². The Morgan fingerprint density at radius 3 is 2.35 bits per heavy atom. The van der Waals surface area contributed by atoms with E-state index in [1.54, 1.807) is 19.1 Å². The summed E-state index contributed by atoms with van der Waals surface area (Å²) in [6, 6.07) is 4.88. The van der Waals surface area contributed by atoms with Crippen LogP contribution in [0.5, 0.6) is 11.5 Å². The minimum absolute atomic E-state index is 0.139. The first kappa shape index (κ1) is 19.8. The molecule has 0 aliphatic rings. The second-order valence-corrected chi connectivity index (χ2v) is 5.91. The van der Waals surface area contributed by atoms with Crippen molar-refractivity contribution in [2.24, 2.45) is 0 Å². The second kappa shape index (κ2) is 9.85. The molecule has 0 fully saturated rings. The van der Waals surface area contributed by atoms with Crippen molar-refractivity contribution in [3.8, 4) is 11.5 Å². The van der Waals surface area contributed by atoms with E-state index in [9.17, 15) is 9.59 Å². The lowest BCUT2D eigenvalue weighted by molar-refractivity contribution is 0.0522. The number of carbonyl (C=O) groups is 1. The van der Waals surface area contributed by atoms with Crippen LogP contribution in [0.25, 0.3) is 11.0 Å². The maximum absolute atomic E-state index is 12.1. The number of rotatable bonds is 10. The third-order valence-electron chi connectivity index (χ3n) is 3.81. The molecule has 2 rings (SSSR count). The summed E-state index contributed by atoms with van der Waals surface area (Å²) in [6.45, 7) is 7.11. The van der Waals surface area contributed by atoms with Crippen molar-refractivity contribution in [2.75, 3.05) is 19.8 Å². The summed E-state index contributed by atoms with van der Waals surface area (Å²) < 4.78 is 21.8. The highest BCUT2D eigenvalue weighted by molar-refractivity contribution is 5.95. The molecule has 6 nitrogen and oxygen atoms in total. The number of fused-ring (bicyclic) bond motifs is 1. The van der Waals surface area contributed by atoms with Crippen molar-refractivity contribution in [1.29, 1.82) is 0 Å². The van der Waals surface area contributed by atoms with Crippen molar-refractivity contribution < 1.29 is 23.4 Å². The first-order valence-electron chi connectivity index (χ1n) is 9.15. The molecule has 0 saturated heterocycles. The van der Waals surface area contributed by atoms with Crippen LogP contribution in [0.4, 0.5) is 0 Å². The zero-order valence-corrected chi connectivity index (χ0v) is 15.6. The van der Waals surface area contributed by atoms with Gasteiger partial charge in [0.25, 0.3) is 0 Å². The predicted octanol–water partition coefficient (Wildman–Crippen LogP) is 4.33. The number of esters is 1. The molecule has 2 aromatic rings. The van der Waals surface area contributed by atoms with E-state index in [-0.39, 0.29) is 12.2 Å². The Morgan fingerprint density at radius 2 is 1.69 bits per heavy atom. The Labute approximate surface area is 153 Å². The molecule has 0 spiro atoms. The summed E-state index contributed by atoms with van der Waals surface area (Å²) in [5.74, 6) is 0.396. The molecule has 0 bridgehead atoms. The van der Waals surface area contributed by atoms with Gasteiger partial charge in [-0.15, -0.1) is 0 Å². The van der Waals surface area contributed by atoms with Crippen molar-refractivity contribution in [3.05, 3.63) is 34.2 Å². The highest BCUT2D eigenvalue weighted by Crippen LogP contribution is 2.31. The van der Waals surface area contributed by atoms with E-state index in [4.69, 9.17) is 18.6 Å². The Hall–Kier alpha value is -2.50. The number of hydrogen-bond acceptors (Lipinski definition) is 6. The number of carbonyl (C=O) groups excluding carboxylic acids is 1. The highest BCUT2D eigenvalue weighted by Gasteiger charge is 2.18. The molecule has 0 aliphatic heterocycles. The van der Waals surface area contributed by atoms with Crippen molar-refractivity contribution in [3.63, 3.8) is 0 Å². The minimum Gasteiger partial charge on any atom is -0.493 e. The summed E-state index contributed by atoms with van der Waals surface area (Å²) in [7, 11) is 0.